The molecule has 4 nitrogen and oxygen atoms in total. The molecule has 0 aliphatic rings. The van der Waals surface area contributed by atoms with Crippen LogP contribution in [0.2, 0.25) is 0 Å². The summed E-state index contributed by atoms with van der Waals surface area (Å²) in [4.78, 5) is 8.35. The van der Waals surface area contributed by atoms with E-state index < -0.39 is 6.10 Å². The van der Waals surface area contributed by atoms with Gasteiger partial charge in [-0.05, 0) is 26.8 Å². The zero-order valence-electron chi connectivity index (χ0n) is 9.88. The molecule has 0 saturated heterocycles. The van der Waals surface area contributed by atoms with Crippen LogP contribution in [0.5, 0.6) is 0 Å². The molecule has 1 atom stereocenters. The molecule has 0 fully saturated rings. The fourth-order valence-electron chi connectivity index (χ4n) is 1.02. The van der Waals surface area contributed by atoms with Crippen molar-refractivity contribution in [1.82, 2.24) is 9.97 Å². The molecule has 16 heavy (non-hydrogen) atoms. The monoisotopic (exact) mass is 242 g/mol. The van der Waals surface area contributed by atoms with Crippen LogP contribution in [-0.2, 0) is 4.74 Å². The molecule has 1 aromatic heterocycles. The van der Waals surface area contributed by atoms with Crippen molar-refractivity contribution in [3.63, 3.8) is 0 Å². The summed E-state index contributed by atoms with van der Waals surface area (Å²) in [7, 11) is 0. The lowest BCUT2D eigenvalue weighted by Gasteiger charge is -2.12. The van der Waals surface area contributed by atoms with Gasteiger partial charge >= 0.3 is 0 Å². The van der Waals surface area contributed by atoms with Gasteiger partial charge in [0.2, 0.25) is 0 Å². The maximum absolute atomic E-state index is 9.63. The van der Waals surface area contributed by atoms with Crippen LogP contribution >= 0.6 is 11.8 Å². The Labute approximate surface area is 100 Å². The minimum Gasteiger partial charge on any atom is -0.390 e. The molecule has 5 heteroatoms. The van der Waals surface area contributed by atoms with Crippen LogP contribution in [0.4, 0.5) is 0 Å². The minimum absolute atomic E-state index is 0.148. The van der Waals surface area contributed by atoms with E-state index in [1.165, 1.54) is 11.8 Å². The Morgan fingerprint density at radius 1 is 1.50 bits per heavy atom. The van der Waals surface area contributed by atoms with Crippen LogP contribution in [0.3, 0.4) is 0 Å². The number of aromatic nitrogens is 2. The Kier molecular flexibility index (Phi) is 5.73. The first-order valence-corrected chi connectivity index (χ1v) is 6.28. The maximum atomic E-state index is 9.63. The molecule has 1 heterocycles. The molecule has 0 aromatic carbocycles. The number of aliphatic hydroxyl groups is 1. The lowest BCUT2D eigenvalue weighted by Crippen LogP contribution is -2.20. The van der Waals surface area contributed by atoms with Crippen molar-refractivity contribution in [2.45, 2.75) is 38.1 Å². The summed E-state index contributed by atoms with van der Waals surface area (Å²) in [6.45, 7) is 6.17. The molecule has 0 radical (unpaired) electrons. The molecule has 0 spiro atoms. The molecule has 90 valence electrons. The van der Waals surface area contributed by atoms with Gasteiger partial charge in [0.15, 0.2) is 5.16 Å². The largest absolute Gasteiger partial charge is 0.390 e. The number of nitrogens with zero attached hydrogens (tertiary/aromatic N) is 2. The highest BCUT2D eigenvalue weighted by molar-refractivity contribution is 7.99. The summed E-state index contributed by atoms with van der Waals surface area (Å²) in [5, 5.41) is 10.3. The van der Waals surface area contributed by atoms with E-state index in [1.807, 2.05) is 26.8 Å². The summed E-state index contributed by atoms with van der Waals surface area (Å²) in [6.07, 6.45) is 1.40. The molecule has 1 unspecified atom stereocenters. The number of ether oxygens (including phenoxy) is 1. The van der Waals surface area contributed by atoms with Gasteiger partial charge in [0, 0.05) is 17.6 Å². The average Bonchev–Trinajstić information content (AvgIpc) is 2.23. The van der Waals surface area contributed by atoms with Gasteiger partial charge in [-0.25, -0.2) is 9.97 Å². The van der Waals surface area contributed by atoms with Crippen LogP contribution in [0, 0.1) is 6.92 Å². The summed E-state index contributed by atoms with van der Waals surface area (Å²) in [5.74, 6) is 0.552. The van der Waals surface area contributed by atoms with Crippen LogP contribution in [0.25, 0.3) is 0 Å². The van der Waals surface area contributed by atoms with Gasteiger partial charge in [-0.3, -0.25) is 0 Å². The zero-order valence-corrected chi connectivity index (χ0v) is 10.7. The predicted octanol–water partition coefficient (Wildman–Crippen LogP) is 1.66. The van der Waals surface area contributed by atoms with Crippen molar-refractivity contribution < 1.29 is 9.84 Å². The van der Waals surface area contributed by atoms with E-state index in [0.717, 1.165) is 5.69 Å². The number of hydrogen-bond acceptors (Lipinski definition) is 5. The van der Waals surface area contributed by atoms with Crippen molar-refractivity contribution in [3.8, 4) is 0 Å². The normalized spacial score (nSPS) is 13.1. The third-order valence-corrected chi connectivity index (χ3v) is 2.81. The lowest BCUT2D eigenvalue weighted by atomic mass is 10.4. The number of hydrogen-bond donors (Lipinski definition) is 1. The summed E-state index contributed by atoms with van der Waals surface area (Å²) in [5.41, 5.74) is 0.936. The number of aryl methyl sites for hydroxylation is 1. The molecule has 0 saturated carbocycles. The first kappa shape index (κ1) is 13.4. The van der Waals surface area contributed by atoms with Gasteiger partial charge in [0.1, 0.15) is 0 Å². The van der Waals surface area contributed by atoms with Crippen LogP contribution in [0.15, 0.2) is 17.4 Å². The van der Waals surface area contributed by atoms with E-state index in [9.17, 15) is 5.11 Å². The SMILES string of the molecule is Cc1ccnc(SCC(O)COC(C)C)n1. The Morgan fingerprint density at radius 2 is 2.25 bits per heavy atom. The average molecular weight is 242 g/mol. The van der Waals surface area contributed by atoms with Gasteiger partial charge in [0.25, 0.3) is 0 Å². The highest BCUT2D eigenvalue weighted by atomic mass is 32.2. The topological polar surface area (TPSA) is 55.2 Å². The van der Waals surface area contributed by atoms with Crippen molar-refractivity contribution >= 4 is 11.8 Å². The highest BCUT2D eigenvalue weighted by Gasteiger charge is 2.07. The standard InChI is InChI=1S/C11H18N2O2S/c1-8(2)15-6-10(14)7-16-11-12-5-4-9(3)13-11/h4-5,8,10,14H,6-7H2,1-3H3. The molecule has 1 rings (SSSR count). The van der Waals surface area contributed by atoms with E-state index in [1.54, 1.807) is 6.20 Å². The van der Waals surface area contributed by atoms with Crippen molar-refractivity contribution in [2.75, 3.05) is 12.4 Å². The Balaban J connectivity index is 2.28. The second-order valence-corrected chi connectivity index (χ2v) is 4.81. The molecule has 1 N–H and O–H groups in total. The molecule has 0 aliphatic carbocycles. The minimum atomic E-state index is -0.475. The van der Waals surface area contributed by atoms with Crippen molar-refractivity contribution in [3.05, 3.63) is 18.0 Å². The smallest absolute Gasteiger partial charge is 0.187 e. The fraction of sp³-hybridized carbons (Fsp3) is 0.636. The van der Waals surface area contributed by atoms with E-state index >= 15 is 0 Å². The van der Waals surface area contributed by atoms with Gasteiger partial charge in [-0.15, -0.1) is 0 Å². The van der Waals surface area contributed by atoms with Gasteiger partial charge < -0.3 is 9.84 Å². The lowest BCUT2D eigenvalue weighted by molar-refractivity contribution is 0.0152. The van der Waals surface area contributed by atoms with Gasteiger partial charge in [-0.2, -0.15) is 0 Å². The fourth-order valence-corrected chi connectivity index (χ4v) is 1.80. The third-order valence-electron chi connectivity index (χ3n) is 1.80. The third kappa shape index (κ3) is 5.44. The summed E-state index contributed by atoms with van der Waals surface area (Å²) in [6, 6.07) is 1.85. The van der Waals surface area contributed by atoms with E-state index in [0.29, 0.717) is 17.5 Å². The van der Waals surface area contributed by atoms with Crippen LogP contribution in [0.1, 0.15) is 19.5 Å². The van der Waals surface area contributed by atoms with Gasteiger partial charge in [0.05, 0.1) is 18.8 Å². The van der Waals surface area contributed by atoms with E-state index in [-0.39, 0.29) is 6.10 Å². The first-order valence-electron chi connectivity index (χ1n) is 5.30. The molecular weight excluding hydrogens is 224 g/mol. The first-order chi connectivity index (χ1) is 7.58. The maximum Gasteiger partial charge on any atom is 0.187 e. The highest BCUT2D eigenvalue weighted by Crippen LogP contribution is 2.13. The molecular formula is C11H18N2O2S. The number of thioether (sulfide) groups is 1. The Hall–Kier alpha value is -0.650. The summed E-state index contributed by atoms with van der Waals surface area (Å²) < 4.78 is 5.31. The van der Waals surface area contributed by atoms with E-state index in [4.69, 9.17) is 4.74 Å². The van der Waals surface area contributed by atoms with Gasteiger partial charge in [-0.1, -0.05) is 11.8 Å². The predicted molar refractivity (Wildman–Crippen MR) is 64.6 cm³/mol. The number of aliphatic hydroxyl groups excluding tert-OH is 1. The molecule has 1 aromatic rings. The van der Waals surface area contributed by atoms with Crippen molar-refractivity contribution in [1.29, 1.82) is 0 Å². The zero-order chi connectivity index (χ0) is 12.0. The number of rotatable bonds is 6. The quantitative estimate of drug-likeness (QED) is 0.607. The second-order valence-electron chi connectivity index (χ2n) is 3.83. The Bertz CT molecular complexity index is 321. The molecule has 0 amide bonds. The Morgan fingerprint density at radius 3 is 2.88 bits per heavy atom. The van der Waals surface area contributed by atoms with Crippen LogP contribution < -0.4 is 0 Å². The molecule has 0 bridgehead atoms. The van der Waals surface area contributed by atoms with Crippen molar-refractivity contribution in [2.24, 2.45) is 0 Å². The molecule has 0 aliphatic heterocycles. The van der Waals surface area contributed by atoms with E-state index in [2.05, 4.69) is 9.97 Å². The second kappa shape index (κ2) is 6.83. The van der Waals surface area contributed by atoms with Crippen LogP contribution in [-0.4, -0.2) is 39.6 Å². The summed E-state index contributed by atoms with van der Waals surface area (Å²) >= 11 is 1.44.